The average Bonchev–Trinajstić information content (AvgIpc) is 3.36. The molecule has 5 rings (SSSR count). The molecular formula is C33H34N4O2. The molecule has 0 spiro atoms. The van der Waals surface area contributed by atoms with Crippen LogP contribution < -0.4 is 5.32 Å². The number of benzene rings is 2. The lowest BCUT2D eigenvalue weighted by molar-refractivity contribution is -0.137. The van der Waals surface area contributed by atoms with E-state index in [2.05, 4.69) is 46.4 Å². The van der Waals surface area contributed by atoms with Crippen LogP contribution in [0.3, 0.4) is 0 Å². The van der Waals surface area contributed by atoms with E-state index >= 15 is 0 Å². The third-order valence-corrected chi connectivity index (χ3v) is 7.18. The van der Waals surface area contributed by atoms with E-state index in [-0.39, 0.29) is 12.5 Å². The first-order valence-corrected chi connectivity index (χ1v) is 13.9. The highest BCUT2D eigenvalue weighted by atomic mass is 16.4. The van der Waals surface area contributed by atoms with Crippen molar-refractivity contribution < 1.29 is 9.90 Å². The SMILES string of the molecule is O=C(O)CCCCCCCCC#Cc1ccc2c(c1)C[C@H](Nc1nc(-c3cccnc3)nc3ccccc13)C2. The van der Waals surface area contributed by atoms with E-state index in [1.54, 1.807) is 12.4 Å². The van der Waals surface area contributed by atoms with Crippen molar-refractivity contribution in [2.75, 3.05) is 5.32 Å². The summed E-state index contributed by atoms with van der Waals surface area (Å²) >= 11 is 0. The van der Waals surface area contributed by atoms with E-state index in [0.29, 0.717) is 5.82 Å². The molecule has 0 aliphatic heterocycles. The molecule has 1 atom stereocenters. The molecule has 6 nitrogen and oxygen atoms in total. The molecule has 0 fully saturated rings. The van der Waals surface area contributed by atoms with Crippen LogP contribution >= 0.6 is 0 Å². The predicted octanol–water partition coefficient (Wildman–Crippen LogP) is 6.83. The van der Waals surface area contributed by atoms with Crippen LogP contribution in [0.1, 0.15) is 68.1 Å². The number of hydrogen-bond donors (Lipinski definition) is 2. The first-order chi connectivity index (χ1) is 19.2. The maximum absolute atomic E-state index is 10.6. The predicted molar refractivity (Wildman–Crippen MR) is 155 cm³/mol. The zero-order valence-corrected chi connectivity index (χ0v) is 22.2. The minimum Gasteiger partial charge on any atom is -0.481 e. The van der Waals surface area contributed by atoms with Gasteiger partial charge in [0.2, 0.25) is 0 Å². The van der Waals surface area contributed by atoms with Crippen LogP contribution in [0, 0.1) is 11.8 Å². The maximum Gasteiger partial charge on any atom is 0.303 e. The summed E-state index contributed by atoms with van der Waals surface area (Å²) in [6, 6.07) is 18.9. The Morgan fingerprint density at radius 3 is 2.59 bits per heavy atom. The van der Waals surface area contributed by atoms with Crippen LogP contribution in [0.5, 0.6) is 0 Å². The molecule has 2 heterocycles. The molecule has 0 amide bonds. The van der Waals surface area contributed by atoms with Gasteiger partial charge in [0, 0.05) is 47.8 Å². The van der Waals surface area contributed by atoms with E-state index in [1.165, 1.54) is 11.1 Å². The quantitative estimate of drug-likeness (QED) is 0.167. The first-order valence-electron chi connectivity index (χ1n) is 13.9. The van der Waals surface area contributed by atoms with Gasteiger partial charge in [-0.05, 0) is 73.2 Å². The first kappa shape index (κ1) is 26.4. The van der Waals surface area contributed by atoms with Gasteiger partial charge < -0.3 is 10.4 Å². The minimum absolute atomic E-state index is 0.263. The van der Waals surface area contributed by atoms with E-state index < -0.39 is 5.97 Å². The van der Waals surface area contributed by atoms with Gasteiger partial charge in [-0.1, -0.05) is 55.7 Å². The Balaban J connectivity index is 1.17. The standard InChI is InChI=1S/C33H34N4O2/c38-31(39)16-8-6-4-2-1-3-5-7-12-24-17-18-25-21-28(22-27(25)20-24)35-33-29-14-9-10-15-30(29)36-32(37-33)26-13-11-19-34-23-26/h9-11,13-15,17-20,23,28H,1-6,8,16,21-22H2,(H,38,39)(H,35,36,37)/t28-/m1/s1. The second-order valence-electron chi connectivity index (χ2n) is 10.2. The Kier molecular flexibility index (Phi) is 8.80. The van der Waals surface area contributed by atoms with Crippen LogP contribution in [0.2, 0.25) is 0 Å². The lowest BCUT2D eigenvalue weighted by Gasteiger charge is -2.15. The van der Waals surface area contributed by atoms with Crippen LogP contribution in [0.15, 0.2) is 67.0 Å². The van der Waals surface area contributed by atoms with E-state index in [9.17, 15) is 4.79 Å². The molecule has 0 saturated heterocycles. The van der Waals surface area contributed by atoms with Crippen molar-refractivity contribution in [1.82, 2.24) is 15.0 Å². The van der Waals surface area contributed by atoms with Gasteiger partial charge in [0.15, 0.2) is 5.82 Å². The van der Waals surface area contributed by atoms with Crippen LogP contribution in [-0.2, 0) is 17.6 Å². The zero-order valence-electron chi connectivity index (χ0n) is 22.2. The van der Waals surface area contributed by atoms with Gasteiger partial charge in [0.25, 0.3) is 0 Å². The number of aliphatic carboxylic acids is 1. The largest absolute Gasteiger partial charge is 0.481 e. The van der Waals surface area contributed by atoms with Gasteiger partial charge >= 0.3 is 5.97 Å². The third kappa shape index (κ3) is 7.20. The number of rotatable bonds is 11. The molecule has 2 aromatic carbocycles. The molecule has 6 heteroatoms. The molecular weight excluding hydrogens is 484 g/mol. The fourth-order valence-electron chi connectivity index (χ4n) is 5.16. The lowest BCUT2D eigenvalue weighted by atomic mass is 10.1. The molecule has 2 N–H and O–H groups in total. The van der Waals surface area contributed by atoms with Crippen molar-refractivity contribution in [3.8, 4) is 23.2 Å². The molecule has 1 aliphatic rings. The monoisotopic (exact) mass is 518 g/mol. The van der Waals surface area contributed by atoms with Gasteiger partial charge in [0.1, 0.15) is 5.82 Å². The Bertz CT molecular complexity index is 1490. The van der Waals surface area contributed by atoms with Crippen molar-refractivity contribution in [2.24, 2.45) is 0 Å². The van der Waals surface area contributed by atoms with Gasteiger partial charge in [-0.2, -0.15) is 0 Å². The number of fused-ring (bicyclic) bond motifs is 2. The number of unbranched alkanes of at least 4 members (excludes halogenated alkanes) is 6. The molecule has 0 radical (unpaired) electrons. The summed E-state index contributed by atoms with van der Waals surface area (Å²) in [4.78, 5) is 24.5. The fourth-order valence-corrected chi connectivity index (χ4v) is 5.16. The van der Waals surface area contributed by atoms with Crippen LogP contribution in [0.25, 0.3) is 22.3 Å². The topological polar surface area (TPSA) is 88.0 Å². The van der Waals surface area contributed by atoms with Crippen molar-refractivity contribution in [3.05, 3.63) is 83.7 Å². The highest BCUT2D eigenvalue weighted by Crippen LogP contribution is 2.29. The van der Waals surface area contributed by atoms with E-state index in [4.69, 9.17) is 15.1 Å². The Morgan fingerprint density at radius 2 is 1.74 bits per heavy atom. The number of nitrogens with zero attached hydrogens (tertiary/aromatic N) is 3. The smallest absolute Gasteiger partial charge is 0.303 e. The van der Waals surface area contributed by atoms with Crippen molar-refractivity contribution in [1.29, 1.82) is 0 Å². The molecule has 0 bridgehead atoms. The second kappa shape index (κ2) is 13.0. The summed E-state index contributed by atoms with van der Waals surface area (Å²) in [5, 5.41) is 13.4. The molecule has 1 aliphatic carbocycles. The maximum atomic E-state index is 10.6. The zero-order chi connectivity index (χ0) is 26.9. The number of carbonyl (C=O) groups is 1. The Morgan fingerprint density at radius 1 is 0.923 bits per heavy atom. The number of anilines is 1. The molecule has 2 aromatic heterocycles. The fraction of sp³-hybridized carbons (Fsp3) is 0.333. The van der Waals surface area contributed by atoms with Gasteiger partial charge in [-0.15, -0.1) is 0 Å². The minimum atomic E-state index is -0.696. The summed E-state index contributed by atoms with van der Waals surface area (Å²) < 4.78 is 0. The number of aromatic nitrogens is 3. The number of para-hydroxylation sites is 1. The van der Waals surface area contributed by atoms with Crippen molar-refractivity contribution >= 4 is 22.7 Å². The summed E-state index contributed by atoms with van der Waals surface area (Å²) in [5.74, 6) is 7.53. The van der Waals surface area contributed by atoms with Crippen LogP contribution in [-0.4, -0.2) is 32.1 Å². The molecule has 198 valence electrons. The third-order valence-electron chi connectivity index (χ3n) is 7.18. The molecule has 39 heavy (non-hydrogen) atoms. The highest BCUT2D eigenvalue weighted by Gasteiger charge is 2.23. The normalized spacial score (nSPS) is 14.0. The van der Waals surface area contributed by atoms with Crippen molar-refractivity contribution in [2.45, 2.75) is 70.3 Å². The van der Waals surface area contributed by atoms with E-state index in [0.717, 1.165) is 85.6 Å². The highest BCUT2D eigenvalue weighted by molar-refractivity contribution is 5.90. The average molecular weight is 519 g/mol. The summed E-state index contributed by atoms with van der Waals surface area (Å²) in [5.41, 5.74) is 5.62. The summed E-state index contributed by atoms with van der Waals surface area (Å²) in [7, 11) is 0. The summed E-state index contributed by atoms with van der Waals surface area (Å²) in [6.07, 6.45) is 12.9. The molecule has 4 aromatic rings. The van der Waals surface area contributed by atoms with E-state index in [1.807, 2.05) is 30.3 Å². The van der Waals surface area contributed by atoms with Crippen LogP contribution in [0.4, 0.5) is 5.82 Å². The Labute approximate surface area is 229 Å². The molecule has 0 unspecified atom stereocenters. The van der Waals surface area contributed by atoms with Gasteiger partial charge in [0.05, 0.1) is 5.52 Å². The Hall–Kier alpha value is -4.24. The summed E-state index contributed by atoms with van der Waals surface area (Å²) in [6.45, 7) is 0. The number of hydrogen-bond acceptors (Lipinski definition) is 5. The van der Waals surface area contributed by atoms with Gasteiger partial charge in [-0.3, -0.25) is 9.78 Å². The van der Waals surface area contributed by atoms with Gasteiger partial charge in [-0.25, -0.2) is 9.97 Å². The number of carboxylic acids is 1. The second-order valence-corrected chi connectivity index (χ2v) is 10.2. The number of carboxylic acid groups (broad SMARTS) is 1. The molecule has 0 saturated carbocycles. The van der Waals surface area contributed by atoms with Crippen molar-refractivity contribution in [3.63, 3.8) is 0 Å². The number of pyridine rings is 1. The lowest BCUT2D eigenvalue weighted by Crippen LogP contribution is -2.20. The number of nitrogens with one attached hydrogen (secondary N) is 1.